The molecule has 4 bridgehead atoms. The third-order valence-corrected chi connectivity index (χ3v) is 10.0. The van der Waals surface area contributed by atoms with Gasteiger partial charge in [-0.25, -0.2) is 4.79 Å². The lowest BCUT2D eigenvalue weighted by Crippen LogP contribution is -2.48. The molecule has 0 radical (unpaired) electrons. The Kier molecular flexibility index (Phi) is 5.21. The van der Waals surface area contributed by atoms with Crippen molar-refractivity contribution >= 4 is 28.1 Å². The van der Waals surface area contributed by atoms with Crippen LogP contribution in [0.3, 0.4) is 0 Å². The molecule has 4 aliphatic rings. The lowest BCUT2D eigenvalue weighted by atomic mass is 9.48. The van der Waals surface area contributed by atoms with E-state index < -0.39 is 5.97 Å². The molecule has 1 aromatic heterocycles. The van der Waals surface area contributed by atoms with E-state index in [1.54, 1.807) is 6.07 Å². The lowest BCUT2D eigenvalue weighted by Gasteiger charge is -2.57. The van der Waals surface area contributed by atoms with Crippen molar-refractivity contribution in [2.75, 3.05) is 0 Å². The van der Waals surface area contributed by atoms with Crippen molar-refractivity contribution in [2.45, 2.75) is 50.5 Å². The molecule has 36 heavy (non-hydrogen) atoms. The zero-order chi connectivity index (χ0) is 24.3. The first-order chi connectivity index (χ1) is 17.6. The van der Waals surface area contributed by atoms with Crippen LogP contribution in [0, 0.1) is 17.8 Å². The van der Waals surface area contributed by atoms with Crippen LogP contribution in [0.4, 0.5) is 0 Å². The van der Waals surface area contributed by atoms with E-state index in [0.717, 1.165) is 39.3 Å². The maximum atomic E-state index is 11.6. The predicted molar refractivity (Wildman–Crippen MR) is 145 cm³/mol. The van der Waals surface area contributed by atoms with Crippen molar-refractivity contribution in [3.8, 4) is 16.2 Å². The number of aromatic carboxylic acids is 1. The van der Waals surface area contributed by atoms with Crippen molar-refractivity contribution in [1.82, 2.24) is 0 Å². The summed E-state index contributed by atoms with van der Waals surface area (Å²) >= 11 is 1.36. The summed E-state index contributed by atoms with van der Waals surface area (Å²) in [7, 11) is 0. The summed E-state index contributed by atoms with van der Waals surface area (Å²) in [6.45, 7) is 0.568. The van der Waals surface area contributed by atoms with Gasteiger partial charge in [-0.2, -0.15) is 0 Å². The first-order valence-electron chi connectivity index (χ1n) is 13.1. The van der Waals surface area contributed by atoms with Crippen molar-refractivity contribution < 1.29 is 14.6 Å². The molecule has 1 N–H and O–H groups in total. The number of hydrogen-bond acceptors (Lipinski definition) is 3. The molecule has 8 rings (SSSR count). The topological polar surface area (TPSA) is 46.5 Å². The highest BCUT2D eigenvalue weighted by Crippen LogP contribution is 2.62. The third kappa shape index (κ3) is 3.74. The largest absolute Gasteiger partial charge is 0.489 e. The number of carboxylic acids is 1. The Morgan fingerprint density at radius 2 is 1.61 bits per heavy atom. The van der Waals surface area contributed by atoms with Gasteiger partial charge in [0.25, 0.3) is 0 Å². The average molecular weight is 495 g/mol. The molecule has 4 aliphatic carbocycles. The van der Waals surface area contributed by atoms with E-state index >= 15 is 0 Å². The maximum Gasteiger partial charge on any atom is 0.345 e. The molecule has 4 fully saturated rings. The number of hydrogen-bond donors (Lipinski definition) is 1. The Morgan fingerprint density at radius 3 is 2.28 bits per heavy atom. The molecule has 4 saturated carbocycles. The fourth-order valence-corrected chi connectivity index (χ4v) is 8.71. The van der Waals surface area contributed by atoms with Gasteiger partial charge in [0.1, 0.15) is 17.2 Å². The number of carbonyl (C=O) groups is 1. The van der Waals surface area contributed by atoms with Crippen LogP contribution in [0.25, 0.3) is 21.2 Å². The van der Waals surface area contributed by atoms with E-state index in [1.165, 1.54) is 66.4 Å². The molecule has 0 saturated heterocycles. The molecule has 3 aromatic carbocycles. The Hall–Kier alpha value is -3.11. The molecule has 4 heteroatoms. The van der Waals surface area contributed by atoms with Crippen molar-refractivity contribution in [2.24, 2.45) is 17.8 Å². The number of ether oxygens (including phenoxy) is 1. The highest BCUT2D eigenvalue weighted by atomic mass is 32.1. The maximum absolute atomic E-state index is 11.6. The van der Waals surface area contributed by atoms with Gasteiger partial charge in [0, 0.05) is 10.4 Å². The summed E-state index contributed by atoms with van der Waals surface area (Å²) in [4.78, 5) is 12.9. The fourth-order valence-electron chi connectivity index (χ4n) is 7.83. The highest BCUT2D eigenvalue weighted by Gasteiger charge is 2.52. The van der Waals surface area contributed by atoms with Crippen molar-refractivity contribution in [3.63, 3.8) is 0 Å². The van der Waals surface area contributed by atoms with E-state index in [1.807, 2.05) is 12.1 Å². The van der Waals surface area contributed by atoms with Gasteiger partial charge in [0.05, 0.1) is 0 Å². The normalized spacial score (nSPS) is 26.4. The van der Waals surface area contributed by atoms with Crippen LogP contribution >= 0.6 is 11.3 Å². The molecule has 1 heterocycles. The van der Waals surface area contributed by atoms with Gasteiger partial charge in [-0.05, 0) is 108 Å². The van der Waals surface area contributed by atoms with Gasteiger partial charge >= 0.3 is 5.97 Å². The zero-order valence-corrected chi connectivity index (χ0v) is 21.1. The van der Waals surface area contributed by atoms with Crippen LogP contribution < -0.4 is 4.74 Å². The second kappa shape index (κ2) is 8.48. The molecule has 0 atom stereocenters. The monoisotopic (exact) mass is 494 g/mol. The number of fused-ring (bicyclic) bond motifs is 1. The van der Waals surface area contributed by atoms with Crippen LogP contribution in [0.2, 0.25) is 0 Å². The average Bonchev–Trinajstić information content (AvgIpc) is 3.37. The smallest absolute Gasteiger partial charge is 0.345 e. The van der Waals surface area contributed by atoms with E-state index in [9.17, 15) is 9.90 Å². The fraction of sp³-hybridized carbons (Fsp3) is 0.344. The molecule has 0 aliphatic heterocycles. The summed E-state index contributed by atoms with van der Waals surface area (Å²) in [5, 5.41) is 11.8. The van der Waals surface area contributed by atoms with Gasteiger partial charge in [-0.15, -0.1) is 11.3 Å². The Balaban J connectivity index is 1.37. The molecule has 4 aromatic rings. The summed E-state index contributed by atoms with van der Waals surface area (Å²) < 4.78 is 6.63. The van der Waals surface area contributed by atoms with Gasteiger partial charge in [0.15, 0.2) is 0 Å². The molecule has 0 unspecified atom stereocenters. The minimum absolute atomic E-state index is 0.198. The molecule has 182 valence electrons. The number of benzene rings is 3. The summed E-state index contributed by atoms with van der Waals surface area (Å²) in [6.07, 6.45) is 8.05. The minimum atomic E-state index is -0.864. The Morgan fingerprint density at radius 1 is 0.889 bits per heavy atom. The van der Waals surface area contributed by atoms with Crippen LogP contribution in [0.1, 0.15) is 59.3 Å². The second-order valence-electron chi connectivity index (χ2n) is 11.3. The minimum Gasteiger partial charge on any atom is -0.489 e. The first-order valence-corrected chi connectivity index (χ1v) is 14.0. The van der Waals surface area contributed by atoms with Gasteiger partial charge in [-0.1, -0.05) is 48.5 Å². The van der Waals surface area contributed by atoms with Gasteiger partial charge < -0.3 is 9.84 Å². The molecular formula is C32H30O3S. The number of thiophene rings is 1. The third-order valence-electron chi connectivity index (χ3n) is 8.91. The Bertz CT molecular complexity index is 1420. The van der Waals surface area contributed by atoms with E-state index in [4.69, 9.17) is 4.74 Å². The van der Waals surface area contributed by atoms with E-state index in [2.05, 4.69) is 54.6 Å². The summed E-state index contributed by atoms with van der Waals surface area (Å²) in [6, 6.07) is 25.1. The van der Waals surface area contributed by atoms with Crippen LogP contribution in [0.5, 0.6) is 5.75 Å². The van der Waals surface area contributed by atoms with Crippen LogP contribution in [-0.4, -0.2) is 11.1 Å². The van der Waals surface area contributed by atoms with Crippen molar-refractivity contribution in [3.05, 3.63) is 88.8 Å². The molecular weight excluding hydrogens is 464 g/mol. The second-order valence-corrected chi connectivity index (χ2v) is 12.4. The highest BCUT2D eigenvalue weighted by molar-refractivity contribution is 7.17. The van der Waals surface area contributed by atoms with E-state index in [-0.39, 0.29) is 5.41 Å². The quantitative estimate of drug-likeness (QED) is 0.293. The molecule has 3 nitrogen and oxygen atoms in total. The molecule has 0 spiro atoms. The predicted octanol–water partition coefficient (Wildman–Crippen LogP) is 8.31. The van der Waals surface area contributed by atoms with Crippen LogP contribution in [0.15, 0.2) is 72.8 Å². The summed E-state index contributed by atoms with van der Waals surface area (Å²) in [5.41, 5.74) is 3.88. The lowest BCUT2D eigenvalue weighted by molar-refractivity contribution is -0.00640. The van der Waals surface area contributed by atoms with Gasteiger partial charge in [-0.3, -0.25) is 0 Å². The number of rotatable bonds is 6. The standard InChI is InChI=1S/C32H30O3S/c33-31(34)30-10-9-29(36-30)25-8-4-7-24-14-28(35-19-20-5-2-1-3-6-20)27(15-26(24)25)32-16-21-11-22(17-32)13-23(12-21)18-32/h1-10,14-15,21-23H,11-13,16-19H2,(H,33,34). The molecule has 0 amide bonds. The zero-order valence-electron chi connectivity index (χ0n) is 20.3. The SMILES string of the molecule is O=C(O)c1ccc(-c2cccc3cc(OCc4ccccc4)c(C45CC6CC(CC(C6)C4)C5)cc23)s1. The van der Waals surface area contributed by atoms with Gasteiger partial charge in [0.2, 0.25) is 0 Å². The van der Waals surface area contributed by atoms with E-state index in [0.29, 0.717) is 11.5 Å². The first kappa shape index (κ1) is 22.1. The Labute approximate surface area is 215 Å². The van der Waals surface area contributed by atoms with Crippen molar-refractivity contribution in [1.29, 1.82) is 0 Å². The number of carboxylic acid groups (broad SMARTS) is 1. The van der Waals surface area contributed by atoms with Crippen LogP contribution in [-0.2, 0) is 12.0 Å². The summed E-state index contributed by atoms with van der Waals surface area (Å²) in [5.74, 6) is 2.71.